The fourth-order valence-corrected chi connectivity index (χ4v) is 7.18. The van der Waals surface area contributed by atoms with Gasteiger partial charge < -0.3 is 19.1 Å². The van der Waals surface area contributed by atoms with Crippen LogP contribution in [0.4, 0.5) is 6.01 Å². The van der Waals surface area contributed by atoms with Crippen LogP contribution in [-0.2, 0) is 9.84 Å². The van der Waals surface area contributed by atoms with Crippen molar-refractivity contribution >= 4 is 44.5 Å². The molecule has 1 saturated heterocycles. The number of benzene rings is 1. The lowest BCUT2D eigenvalue weighted by molar-refractivity contribution is 0.0835. The van der Waals surface area contributed by atoms with E-state index in [-0.39, 0.29) is 33.5 Å². The highest BCUT2D eigenvalue weighted by Gasteiger charge is 2.41. The van der Waals surface area contributed by atoms with E-state index in [4.69, 9.17) is 20.4 Å². The van der Waals surface area contributed by atoms with Crippen molar-refractivity contribution in [2.24, 2.45) is 5.41 Å². The van der Waals surface area contributed by atoms with E-state index < -0.39 is 9.84 Å². The molecule has 6 rings (SSSR count). The Morgan fingerprint density at radius 2 is 1.77 bits per heavy atom. The number of furan rings is 1. The number of aromatic nitrogens is 1. The van der Waals surface area contributed by atoms with Crippen molar-refractivity contribution in [3.05, 3.63) is 41.1 Å². The number of oxazole rings is 1. The summed E-state index contributed by atoms with van der Waals surface area (Å²) >= 11 is 6.07. The summed E-state index contributed by atoms with van der Waals surface area (Å²) in [5, 5.41) is 3.24. The minimum atomic E-state index is -3.43. The number of amides is 1. The Kier molecular flexibility index (Phi) is 5.60. The van der Waals surface area contributed by atoms with Gasteiger partial charge in [-0.2, -0.15) is 4.98 Å². The van der Waals surface area contributed by atoms with Crippen LogP contribution in [0.25, 0.3) is 11.1 Å². The predicted molar refractivity (Wildman–Crippen MR) is 132 cm³/mol. The van der Waals surface area contributed by atoms with Gasteiger partial charge in [-0.3, -0.25) is 4.79 Å². The molecule has 3 aromatic rings. The van der Waals surface area contributed by atoms with Crippen molar-refractivity contribution in [1.29, 1.82) is 0 Å². The number of halogens is 1. The van der Waals surface area contributed by atoms with Gasteiger partial charge in [0.25, 0.3) is 11.9 Å². The van der Waals surface area contributed by atoms with Crippen LogP contribution in [0.5, 0.6) is 0 Å². The molecular weight excluding hydrogens is 490 g/mol. The highest BCUT2D eigenvalue weighted by atomic mass is 35.5. The van der Waals surface area contributed by atoms with Gasteiger partial charge in [-0.25, -0.2) is 8.42 Å². The Labute approximate surface area is 208 Å². The molecule has 186 valence electrons. The number of hydrogen-bond donors (Lipinski definition) is 1. The Morgan fingerprint density at radius 1 is 1.03 bits per heavy atom. The number of nitrogens with one attached hydrogen (secondary N) is 1. The largest absolute Gasteiger partial charge is 0.440 e. The van der Waals surface area contributed by atoms with Crippen LogP contribution in [0.2, 0.25) is 5.02 Å². The zero-order valence-corrected chi connectivity index (χ0v) is 20.9. The van der Waals surface area contributed by atoms with Crippen LogP contribution < -0.4 is 10.2 Å². The molecule has 35 heavy (non-hydrogen) atoms. The zero-order valence-electron chi connectivity index (χ0n) is 19.3. The summed E-state index contributed by atoms with van der Waals surface area (Å²) in [6, 6.07) is 9.07. The Balaban J connectivity index is 1.02. The molecule has 1 aliphatic heterocycles. The molecule has 0 bridgehead atoms. The summed E-state index contributed by atoms with van der Waals surface area (Å²) in [4.78, 5) is 19.5. The van der Waals surface area contributed by atoms with Crippen LogP contribution in [0, 0.1) is 5.41 Å². The Bertz CT molecular complexity index is 1360. The summed E-state index contributed by atoms with van der Waals surface area (Å²) in [5.41, 5.74) is 1.80. The second kappa shape index (κ2) is 8.55. The normalized spacial score (nSPS) is 21.0. The van der Waals surface area contributed by atoms with Gasteiger partial charge in [0.15, 0.2) is 11.3 Å². The maximum absolute atomic E-state index is 12.7. The monoisotopic (exact) mass is 517 g/mol. The Morgan fingerprint density at radius 3 is 2.49 bits per heavy atom. The maximum Gasteiger partial charge on any atom is 0.298 e. The molecule has 1 amide bonds. The fraction of sp³-hybridized carbons (Fsp3) is 0.520. The number of hydrogen-bond acceptors (Lipinski definition) is 7. The fourth-order valence-electron chi connectivity index (χ4n) is 5.46. The SMILES string of the molecule is O=C(NC1CCC2(CC1)CCN(c1nc3cc(Cl)ccc3o1)CC2)c1ccc(S(=O)(=O)C2CC2)o1. The smallest absolute Gasteiger partial charge is 0.298 e. The van der Waals surface area contributed by atoms with Gasteiger partial charge in [0, 0.05) is 24.2 Å². The van der Waals surface area contributed by atoms with Crippen molar-refractivity contribution in [3.63, 3.8) is 0 Å². The topological polar surface area (TPSA) is 106 Å². The second-order valence-electron chi connectivity index (χ2n) is 10.2. The molecule has 1 spiro atoms. The molecule has 0 radical (unpaired) electrons. The van der Waals surface area contributed by atoms with Crippen LogP contribution in [0.3, 0.4) is 0 Å². The third-order valence-electron chi connectivity index (χ3n) is 7.86. The van der Waals surface area contributed by atoms with Gasteiger partial charge in [-0.05, 0) is 87.1 Å². The lowest BCUT2D eigenvalue weighted by Gasteiger charge is -2.45. The summed E-state index contributed by atoms with van der Waals surface area (Å²) in [7, 11) is -3.43. The van der Waals surface area contributed by atoms with Crippen molar-refractivity contribution in [2.45, 2.75) is 67.8 Å². The molecule has 10 heteroatoms. The number of fused-ring (bicyclic) bond motifs is 1. The van der Waals surface area contributed by atoms with Crippen molar-refractivity contribution in [2.75, 3.05) is 18.0 Å². The molecule has 3 heterocycles. The average molecular weight is 518 g/mol. The second-order valence-corrected chi connectivity index (χ2v) is 12.8. The van der Waals surface area contributed by atoms with Crippen molar-refractivity contribution < 1.29 is 22.0 Å². The third kappa shape index (κ3) is 4.44. The van der Waals surface area contributed by atoms with E-state index in [1.807, 2.05) is 18.2 Å². The standard InChI is InChI=1S/C25H28ClN3O5S/c26-16-1-4-20-19(15-16)28-24(34-20)29-13-11-25(12-14-29)9-7-17(8-10-25)27-23(30)21-5-6-22(33-21)35(31,32)18-2-3-18/h1,4-6,15,17-18H,2-3,7-14H2,(H,27,30). The van der Waals surface area contributed by atoms with Gasteiger partial charge in [-0.1, -0.05) is 11.6 Å². The molecule has 2 aromatic heterocycles. The van der Waals surface area contributed by atoms with Crippen molar-refractivity contribution in [1.82, 2.24) is 10.3 Å². The first-order valence-corrected chi connectivity index (χ1v) is 14.2. The van der Waals surface area contributed by atoms with E-state index in [9.17, 15) is 13.2 Å². The zero-order chi connectivity index (χ0) is 24.2. The van der Waals surface area contributed by atoms with E-state index in [1.165, 1.54) is 12.1 Å². The van der Waals surface area contributed by atoms with Gasteiger partial charge in [0.2, 0.25) is 14.9 Å². The number of rotatable bonds is 5. The van der Waals surface area contributed by atoms with Crippen LogP contribution in [0.15, 0.2) is 44.3 Å². The first-order valence-electron chi connectivity index (χ1n) is 12.3. The summed E-state index contributed by atoms with van der Waals surface area (Å²) in [6.07, 6.45) is 7.36. The van der Waals surface area contributed by atoms with E-state index in [1.54, 1.807) is 0 Å². The molecule has 1 N–H and O–H groups in total. The molecule has 2 saturated carbocycles. The lowest BCUT2D eigenvalue weighted by Crippen LogP contribution is -2.45. The Hall–Kier alpha value is -2.52. The molecule has 3 fully saturated rings. The minimum absolute atomic E-state index is 0.0671. The minimum Gasteiger partial charge on any atom is -0.440 e. The lowest BCUT2D eigenvalue weighted by atomic mass is 9.67. The molecule has 2 aliphatic carbocycles. The molecule has 1 aromatic carbocycles. The highest BCUT2D eigenvalue weighted by molar-refractivity contribution is 7.92. The number of sulfone groups is 1. The van der Waals surface area contributed by atoms with Crippen LogP contribution in [-0.4, -0.2) is 43.7 Å². The summed E-state index contributed by atoms with van der Waals surface area (Å²) in [5.74, 6) is -0.272. The van der Waals surface area contributed by atoms with Crippen LogP contribution in [0.1, 0.15) is 61.9 Å². The first-order chi connectivity index (χ1) is 16.8. The first kappa shape index (κ1) is 22.9. The quantitative estimate of drug-likeness (QED) is 0.509. The van der Waals surface area contributed by atoms with E-state index in [0.717, 1.165) is 62.7 Å². The van der Waals surface area contributed by atoms with Gasteiger partial charge in [0.1, 0.15) is 5.52 Å². The third-order valence-corrected chi connectivity index (χ3v) is 10.2. The van der Waals surface area contributed by atoms with Gasteiger partial charge >= 0.3 is 0 Å². The molecule has 0 unspecified atom stereocenters. The van der Waals surface area contributed by atoms with E-state index >= 15 is 0 Å². The number of carbonyl (C=O) groups excluding carboxylic acids is 1. The van der Waals surface area contributed by atoms with E-state index in [2.05, 4.69) is 15.2 Å². The van der Waals surface area contributed by atoms with Crippen molar-refractivity contribution in [3.8, 4) is 0 Å². The van der Waals surface area contributed by atoms with Gasteiger partial charge in [-0.15, -0.1) is 0 Å². The van der Waals surface area contributed by atoms with E-state index in [0.29, 0.717) is 23.9 Å². The highest BCUT2D eigenvalue weighted by Crippen LogP contribution is 2.45. The predicted octanol–water partition coefficient (Wildman–Crippen LogP) is 4.97. The molecular formula is C25H28ClN3O5S. The number of piperidine rings is 1. The number of carbonyl (C=O) groups is 1. The average Bonchev–Trinajstić information content (AvgIpc) is 3.44. The number of anilines is 1. The molecule has 8 nitrogen and oxygen atoms in total. The molecule has 3 aliphatic rings. The van der Waals surface area contributed by atoms with Crippen LogP contribution >= 0.6 is 11.6 Å². The maximum atomic E-state index is 12.7. The molecule has 0 atom stereocenters. The van der Waals surface area contributed by atoms with Gasteiger partial charge in [0.05, 0.1) is 5.25 Å². The summed E-state index contributed by atoms with van der Waals surface area (Å²) in [6.45, 7) is 1.78. The summed E-state index contributed by atoms with van der Waals surface area (Å²) < 4.78 is 36.0. The number of nitrogens with zero attached hydrogens (tertiary/aromatic N) is 2.